The summed E-state index contributed by atoms with van der Waals surface area (Å²) < 4.78 is 12.3. The number of hydrogen-bond acceptors (Lipinski definition) is 5. The first-order valence-electron chi connectivity index (χ1n) is 3.72. The zero-order valence-corrected chi connectivity index (χ0v) is 10.8. The first kappa shape index (κ1) is 19.0. The Kier molecular flexibility index (Phi) is 10.9. The fourth-order valence-electron chi connectivity index (χ4n) is 0.756. The molecule has 0 aliphatic heterocycles. The molecule has 0 aliphatic rings. The van der Waals surface area contributed by atoms with E-state index in [4.69, 9.17) is 20.2 Å². The Morgan fingerprint density at radius 1 is 1.47 bits per heavy atom. The van der Waals surface area contributed by atoms with Crippen molar-refractivity contribution < 1.29 is 53.3 Å². The van der Waals surface area contributed by atoms with Crippen molar-refractivity contribution in [2.75, 3.05) is 0 Å². The minimum Gasteiger partial charge on any atom is -0.832 e. The van der Waals surface area contributed by atoms with Crippen LogP contribution in [0.25, 0.3) is 0 Å². The summed E-state index contributed by atoms with van der Waals surface area (Å²) in [5, 5.41) is 31.3. The molecule has 1 rings (SSSR count). The second-order valence-corrected chi connectivity index (χ2v) is 3.49. The average Bonchev–Trinajstić information content (AvgIpc) is 2.16. The first-order valence-corrected chi connectivity index (χ1v) is 4.80. The molecule has 17 heavy (non-hydrogen) atoms. The SMILES string of the molecule is O=C(O)c1cccc(I)c1OF.[Li+].[O-]B(O)O. The van der Waals surface area contributed by atoms with Crippen molar-refractivity contribution >= 4 is 35.9 Å². The van der Waals surface area contributed by atoms with Crippen LogP contribution in [-0.4, -0.2) is 28.4 Å². The van der Waals surface area contributed by atoms with Gasteiger partial charge in [0.25, 0.3) is 0 Å². The van der Waals surface area contributed by atoms with Crippen LogP contribution >= 0.6 is 22.6 Å². The van der Waals surface area contributed by atoms with Crippen molar-refractivity contribution in [1.29, 1.82) is 0 Å². The Morgan fingerprint density at radius 2 is 1.94 bits per heavy atom. The van der Waals surface area contributed by atoms with Crippen LogP contribution in [0.4, 0.5) is 4.53 Å². The third-order valence-electron chi connectivity index (χ3n) is 1.27. The Bertz CT molecular complexity index is 363. The molecule has 0 saturated carbocycles. The smallest absolute Gasteiger partial charge is 0.832 e. The van der Waals surface area contributed by atoms with Crippen LogP contribution < -0.4 is 28.8 Å². The van der Waals surface area contributed by atoms with E-state index in [2.05, 4.69) is 4.94 Å². The molecule has 0 radical (unpaired) electrons. The molecule has 0 unspecified atom stereocenters. The van der Waals surface area contributed by atoms with Crippen LogP contribution in [0, 0.1) is 3.57 Å². The monoisotopic (exact) mass is 350 g/mol. The maximum atomic E-state index is 11.8. The van der Waals surface area contributed by atoms with Gasteiger partial charge in [0.05, 0.1) is 3.57 Å². The number of carbonyl (C=O) groups is 1. The van der Waals surface area contributed by atoms with Crippen LogP contribution in [0.5, 0.6) is 5.75 Å². The third kappa shape index (κ3) is 7.59. The molecule has 0 heterocycles. The zero-order chi connectivity index (χ0) is 12.7. The Labute approximate surface area is 122 Å². The van der Waals surface area contributed by atoms with E-state index in [1.165, 1.54) is 12.1 Å². The van der Waals surface area contributed by atoms with E-state index in [9.17, 15) is 9.32 Å². The molecule has 88 valence electrons. The number of hydrogen-bond donors (Lipinski definition) is 3. The van der Waals surface area contributed by atoms with E-state index in [1.807, 2.05) is 0 Å². The molecule has 3 N–H and O–H groups in total. The van der Waals surface area contributed by atoms with Crippen LogP contribution in [0.3, 0.4) is 0 Å². The molecule has 0 spiro atoms. The number of carboxylic acid groups (broad SMARTS) is 1. The Balaban J connectivity index is 0. The van der Waals surface area contributed by atoms with Gasteiger partial charge in [0.1, 0.15) is 5.56 Å². The van der Waals surface area contributed by atoms with Gasteiger partial charge in [0, 0.05) is 4.53 Å². The number of para-hydroxylation sites is 1. The van der Waals surface area contributed by atoms with E-state index in [0.717, 1.165) is 0 Å². The molecule has 1 aromatic carbocycles. The van der Waals surface area contributed by atoms with Crippen molar-refractivity contribution in [3.63, 3.8) is 0 Å². The van der Waals surface area contributed by atoms with Crippen molar-refractivity contribution in [2.24, 2.45) is 0 Å². The van der Waals surface area contributed by atoms with Gasteiger partial charge in [0.15, 0.2) is 5.75 Å². The summed E-state index contributed by atoms with van der Waals surface area (Å²) in [6, 6.07) is 4.36. The normalized spacial score (nSPS) is 8.29. The maximum Gasteiger partial charge on any atom is 1.00 e. The standard InChI is InChI=1S/C7H4FIO3.BH2O3.Li/c8-12-6-4(7(10)11)2-1-3-5(6)9;2-1(3)4;/h1-3H,(H,10,11);2-3H;/q;-1;+1. The number of aromatic carboxylic acids is 1. The molecule has 0 bridgehead atoms. The summed E-state index contributed by atoms with van der Waals surface area (Å²) in [6.07, 6.45) is 0. The van der Waals surface area contributed by atoms with E-state index >= 15 is 0 Å². The Morgan fingerprint density at radius 3 is 2.24 bits per heavy atom. The number of carboxylic acids is 1. The molecule has 6 nitrogen and oxygen atoms in total. The number of benzene rings is 1. The third-order valence-corrected chi connectivity index (χ3v) is 2.12. The van der Waals surface area contributed by atoms with Crippen LogP contribution in [0.1, 0.15) is 10.4 Å². The van der Waals surface area contributed by atoms with Gasteiger partial charge in [-0.3, -0.25) is 4.94 Å². The number of rotatable bonds is 2. The number of halogens is 2. The summed E-state index contributed by atoms with van der Waals surface area (Å²) in [5.41, 5.74) is -0.176. The van der Waals surface area contributed by atoms with Gasteiger partial charge in [-0.15, -0.1) is 0 Å². The summed E-state index contributed by atoms with van der Waals surface area (Å²) in [7, 11) is -2.42. The van der Waals surface area contributed by atoms with E-state index < -0.39 is 13.3 Å². The molecular formula is C7H6BFILiO6. The van der Waals surface area contributed by atoms with Gasteiger partial charge in [0.2, 0.25) is 0 Å². The Hall–Kier alpha value is -0.308. The molecule has 0 amide bonds. The summed E-state index contributed by atoms with van der Waals surface area (Å²) >= 11 is 1.79. The van der Waals surface area contributed by atoms with Gasteiger partial charge in [-0.2, -0.15) is 0 Å². The van der Waals surface area contributed by atoms with E-state index in [1.54, 1.807) is 28.7 Å². The molecule has 0 aliphatic carbocycles. The largest absolute Gasteiger partial charge is 1.00 e. The van der Waals surface area contributed by atoms with Gasteiger partial charge >= 0.3 is 32.2 Å². The quantitative estimate of drug-likeness (QED) is 0.379. The van der Waals surface area contributed by atoms with Gasteiger partial charge in [-0.1, -0.05) is 6.07 Å². The van der Waals surface area contributed by atoms with Gasteiger partial charge in [-0.25, -0.2) is 4.79 Å². The topological polar surface area (TPSA) is 110 Å². The summed E-state index contributed by atoms with van der Waals surface area (Å²) in [4.78, 5) is 13.9. The average molecular weight is 350 g/mol. The van der Waals surface area contributed by atoms with E-state index in [0.29, 0.717) is 3.57 Å². The molecular weight excluding hydrogens is 344 g/mol. The van der Waals surface area contributed by atoms with Crippen molar-refractivity contribution in [3.8, 4) is 5.75 Å². The second-order valence-electron chi connectivity index (χ2n) is 2.33. The van der Waals surface area contributed by atoms with Crippen molar-refractivity contribution in [1.82, 2.24) is 0 Å². The molecule has 0 aromatic heterocycles. The van der Waals surface area contributed by atoms with Crippen molar-refractivity contribution in [2.45, 2.75) is 0 Å². The fourth-order valence-corrected chi connectivity index (χ4v) is 1.34. The van der Waals surface area contributed by atoms with E-state index in [-0.39, 0.29) is 30.2 Å². The maximum absolute atomic E-state index is 11.8. The fraction of sp³-hybridized carbons (Fsp3) is 0. The van der Waals surface area contributed by atoms with Crippen molar-refractivity contribution in [3.05, 3.63) is 27.3 Å². The van der Waals surface area contributed by atoms with Crippen LogP contribution in [-0.2, 0) is 0 Å². The first-order chi connectivity index (χ1) is 7.40. The van der Waals surface area contributed by atoms with Crippen LogP contribution in [0.2, 0.25) is 0 Å². The minimum atomic E-state index is -2.42. The molecule has 0 atom stereocenters. The molecule has 1 aromatic rings. The molecule has 0 saturated heterocycles. The minimum absolute atomic E-state index is 0. The zero-order valence-electron chi connectivity index (χ0n) is 8.63. The van der Waals surface area contributed by atoms with Gasteiger partial charge < -0.3 is 20.2 Å². The molecule has 10 heteroatoms. The summed E-state index contributed by atoms with van der Waals surface area (Å²) in [6.45, 7) is 0. The predicted molar refractivity (Wildman–Crippen MR) is 58.0 cm³/mol. The summed E-state index contributed by atoms with van der Waals surface area (Å²) in [5.74, 6) is -1.45. The second kappa shape index (κ2) is 9.69. The molecule has 0 fully saturated rings. The predicted octanol–water partition coefficient (Wildman–Crippen LogP) is -3.43. The van der Waals surface area contributed by atoms with Gasteiger partial charge in [-0.05, 0) is 34.7 Å². The van der Waals surface area contributed by atoms with Crippen LogP contribution in [0.15, 0.2) is 18.2 Å².